The predicted molar refractivity (Wildman–Crippen MR) is 75.9 cm³/mol. The van der Waals surface area contributed by atoms with Crippen molar-refractivity contribution in [2.75, 3.05) is 0 Å². The van der Waals surface area contributed by atoms with Crippen molar-refractivity contribution in [1.82, 2.24) is 0 Å². The van der Waals surface area contributed by atoms with Gasteiger partial charge in [-0.3, -0.25) is 4.79 Å². The van der Waals surface area contributed by atoms with E-state index in [1.165, 1.54) is 0 Å². The van der Waals surface area contributed by atoms with Gasteiger partial charge in [-0.2, -0.15) is 0 Å². The Bertz CT molecular complexity index is 386. The first-order valence-corrected chi connectivity index (χ1v) is 5.92. The second kappa shape index (κ2) is 8.51. The van der Waals surface area contributed by atoms with Gasteiger partial charge in [0.25, 0.3) is 0 Å². The summed E-state index contributed by atoms with van der Waals surface area (Å²) < 4.78 is 0. The van der Waals surface area contributed by atoms with Gasteiger partial charge in [0.15, 0.2) is 5.78 Å². The molecule has 0 unspecified atom stereocenters. The summed E-state index contributed by atoms with van der Waals surface area (Å²) in [6, 6.07) is 0. The third kappa shape index (κ3) is 5.30. The molecule has 0 aliphatic carbocycles. The minimum atomic E-state index is 0.0267. The van der Waals surface area contributed by atoms with Crippen LogP contribution in [-0.4, -0.2) is 5.78 Å². The zero-order chi connectivity index (χ0) is 13.3. The van der Waals surface area contributed by atoms with Crippen LogP contribution in [0.3, 0.4) is 0 Å². The van der Waals surface area contributed by atoms with Crippen LogP contribution >= 0.6 is 0 Å². The van der Waals surface area contributed by atoms with Crippen LogP contribution in [0.1, 0.15) is 34.1 Å². The fourth-order valence-electron chi connectivity index (χ4n) is 1.34. The molecule has 1 nitrogen and oxygen atoms in total. The maximum Gasteiger partial charge on any atom is 0.192 e. The van der Waals surface area contributed by atoms with E-state index in [0.717, 1.165) is 17.6 Å². The van der Waals surface area contributed by atoms with Crippen molar-refractivity contribution in [1.29, 1.82) is 0 Å². The van der Waals surface area contributed by atoms with Gasteiger partial charge in [-0.15, -0.1) is 0 Å². The molecule has 0 aromatic heterocycles. The maximum atomic E-state index is 12.2. The van der Waals surface area contributed by atoms with Gasteiger partial charge in [0.2, 0.25) is 0 Å². The largest absolute Gasteiger partial charge is 0.289 e. The Morgan fingerprint density at radius 2 is 1.94 bits per heavy atom. The average molecular weight is 230 g/mol. The Morgan fingerprint density at radius 1 is 1.29 bits per heavy atom. The molecule has 1 heteroatoms. The molecule has 0 aliphatic heterocycles. The molecule has 0 spiro atoms. The Morgan fingerprint density at radius 3 is 2.35 bits per heavy atom. The van der Waals surface area contributed by atoms with E-state index in [4.69, 9.17) is 0 Å². The zero-order valence-corrected chi connectivity index (χ0v) is 11.3. The summed E-state index contributed by atoms with van der Waals surface area (Å²) in [7, 11) is 0. The summed E-state index contributed by atoms with van der Waals surface area (Å²) in [5.74, 6) is 0.0267. The van der Waals surface area contributed by atoms with Gasteiger partial charge in [-0.25, -0.2) is 0 Å². The molecule has 0 aromatic rings. The Labute approximate surface area is 105 Å². The summed E-state index contributed by atoms with van der Waals surface area (Å²) >= 11 is 0. The van der Waals surface area contributed by atoms with Crippen molar-refractivity contribution < 1.29 is 4.79 Å². The summed E-state index contributed by atoms with van der Waals surface area (Å²) in [5.41, 5.74) is 2.38. The molecule has 0 aromatic carbocycles. The van der Waals surface area contributed by atoms with Crippen molar-refractivity contribution in [3.05, 3.63) is 59.8 Å². The SMILES string of the molecule is C=C/C(=C\C=C/CC)C(=O)C(/C=C\C)=C(C)C. The molecule has 0 aliphatic rings. The highest BCUT2D eigenvalue weighted by Gasteiger charge is 2.10. The molecule has 0 N–H and O–H groups in total. The fraction of sp³-hybridized carbons (Fsp3) is 0.312. The summed E-state index contributed by atoms with van der Waals surface area (Å²) in [6.45, 7) is 11.5. The zero-order valence-electron chi connectivity index (χ0n) is 11.3. The predicted octanol–water partition coefficient (Wildman–Crippen LogP) is 4.55. The number of ketones is 1. The van der Waals surface area contributed by atoms with Gasteiger partial charge in [0, 0.05) is 11.1 Å². The molecule has 92 valence electrons. The van der Waals surface area contributed by atoms with Crippen molar-refractivity contribution in [3.63, 3.8) is 0 Å². The number of hydrogen-bond donors (Lipinski definition) is 0. The molecule has 0 atom stereocenters. The van der Waals surface area contributed by atoms with Crippen LogP contribution in [0.4, 0.5) is 0 Å². The topological polar surface area (TPSA) is 17.1 Å². The van der Waals surface area contributed by atoms with Crippen LogP contribution in [0.25, 0.3) is 0 Å². The van der Waals surface area contributed by atoms with E-state index >= 15 is 0 Å². The van der Waals surface area contributed by atoms with Gasteiger partial charge < -0.3 is 0 Å². The van der Waals surface area contributed by atoms with Gasteiger partial charge in [-0.1, -0.05) is 55.5 Å². The number of rotatable bonds is 6. The second-order valence-electron chi connectivity index (χ2n) is 3.91. The maximum absolute atomic E-state index is 12.2. The number of allylic oxidation sites excluding steroid dienone is 9. The third-order valence-electron chi connectivity index (χ3n) is 2.25. The summed E-state index contributed by atoms with van der Waals surface area (Å²) in [5, 5.41) is 0. The first-order chi connectivity index (χ1) is 8.08. The molecule has 0 heterocycles. The monoisotopic (exact) mass is 230 g/mol. The fourth-order valence-corrected chi connectivity index (χ4v) is 1.34. The molecule has 0 fully saturated rings. The molecule has 0 bridgehead atoms. The van der Waals surface area contributed by atoms with Crippen LogP contribution in [0.2, 0.25) is 0 Å². The molecule has 0 amide bonds. The van der Waals surface area contributed by atoms with E-state index in [-0.39, 0.29) is 5.78 Å². The second-order valence-corrected chi connectivity index (χ2v) is 3.91. The molecule has 0 radical (unpaired) electrons. The summed E-state index contributed by atoms with van der Waals surface area (Å²) in [4.78, 5) is 12.2. The van der Waals surface area contributed by atoms with Crippen LogP contribution in [0.15, 0.2) is 59.8 Å². The minimum absolute atomic E-state index is 0.0267. The minimum Gasteiger partial charge on any atom is -0.289 e. The Balaban J connectivity index is 5.24. The Kier molecular flexibility index (Phi) is 7.70. The molecule has 0 saturated heterocycles. The Hall–Kier alpha value is -1.63. The van der Waals surface area contributed by atoms with E-state index in [1.54, 1.807) is 6.08 Å². The first kappa shape index (κ1) is 15.4. The van der Waals surface area contributed by atoms with E-state index < -0.39 is 0 Å². The lowest BCUT2D eigenvalue weighted by Crippen LogP contribution is -2.04. The lowest BCUT2D eigenvalue weighted by atomic mass is 9.99. The lowest BCUT2D eigenvalue weighted by Gasteiger charge is -2.04. The van der Waals surface area contributed by atoms with Crippen LogP contribution in [-0.2, 0) is 4.79 Å². The van der Waals surface area contributed by atoms with E-state index in [0.29, 0.717) is 5.57 Å². The number of Topliss-reactive ketones (excluding diaryl/α,β-unsaturated/α-hetero) is 1. The highest BCUT2D eigenvalue weighted by molar-refractivity contribution is 6.12. The standard InChI is InChI=1S/C16H22O/c1-6-9-10-12-14(8-3)16(17)15(11-7-2)13(4)5/h7-12H,3,6H2,1-2,4-5H3/b10-9-,11-7-,14-12+. The van der Waals surface area contributed by atoms with E-state index in [1.807, 2.05) is 51.2 Å². The van der Waals surface area contributed by atoms with Crippen LogP contribution in [0.5, 0.6) is 0 Å². The van der Waals surface area contributed by atoms with Crippen molar-refractivity contribution in [2.24, 2.45) is 0 Å². The molecular weight excluding hydrogens is 208 g/mol. The van der Waals surface area contributed by atoms with E-state index in [2.05, 4.69) is 13.5 Å². The van der Waals surface area contributed by atoms with Gasteiger partial charge in [0.1, 0.15) is 0 Å². The number of carbonyl (C=O) groups excluding carboxylic acids is 1. The van der Waals surface area contributed by atoms with Gasteiger partial charge in [-0.05, 0) is 27.2 Å². The van der Waals surface area contributed by atoms with Crippen molar-refractivity contribution in [3.8, 4) is 0 Å². The van der Waals surface area contributed by atoms with Gasteiger partial charge >= 0.3 is 0 Å². The molecule has 0 rings (SSSR count). The summed E-state index contributed by atoms with van der Waals surface area (Å²) in [6.07, 6.45) is 12.0. The first-order valence-electron chi connectivity index (χ1n) is 5.92. The highest BCUT2D eigenvalue weighted by Crippen LogP contribution is 2.13. The average Bonchev–Trinajstić information content (AvgIpc) is 2.30. The van der Waals surface area contributed by atoms with Crippen LogP contribution in [0, 0.1) is 0 Å². The third-order valence-corrected chi connectivity index (χ3v) is 2.25. The van der Waals surface area contributed by atoms with Crippen molar-refractivity contribution in [2.45, 2.75) is 34.1 Å². The number of carbonyl (C=O) groups is 1. The quantitative estimate of drug-likeness (QED) is 0.483. The molecule has 17 heavy (non-hydrogen) atoms. The lowest BCUT2D eigenvalue weighted by molar-refractivity contribution is -0.111. The normalized spacial score (nSPS) is 12.1. The van der Waals surface area contributed by atoms with E-state index in [9.17, 15) is 4.79 Å². The number of hydrogen-bond acceptors (Lipinski definition) is 1. The van der Waals surface area contributed by atoms with Crippen molar-refractivity contribution >= 4 is 5.78 Å². The smallest absolute Gasteiger partial charge is 0.192 e. The van der Waals surface area contributed by atoms with Crippen LogP contribution < -0.4 is 0 Å². The molecule has 0 saturated carbocycles. The highest BCUT2D eigenvalue weighted by atomic mass is 16.1. The molecular formula is C16H22O. The van der Waals surface area contributed by atoms with Gasteiger partial charge in [0.05, 0.1) is 0 Å².